The molecule has 25 heavy (non-hydrogen) atoms. The molecule has 2 heterocycles. The Bertz CT molecular complexity index is 824. The molecule has 4 nitrogen and oxygen atoms in total. The van der Waals surface area contributed by atoms with E-state index in [9.17, 15) is 9.59 Å². The number of pyridine rings is 1. The maximum atomic E-state index is 12.8. The predicted octanol–water partition coefficient (Wildman–Crippen LogP) is 3.98. The SMILES string of the molecule is Cc1cc(C)cc(C2CCCN2C(=O)CCn2cc(Br)ccc2=O)c1. The number of halogens is 1. The summed E-state index contributed by atoms with van der Waals surface area (Å²) in [4.78, 5) is 26.6. The van der Waals surface area contributed by atoms with Gasteiger partial charge in [0.25, 0.3) is 5.56 Å². The van der Waals surface area contributed by atoms with Crippen molar-refractivity contribution < 1.29 is 4.79 Å². The Balaban J connectivity index is 1.72. The number of aromatic nitrogens is 1. The van der Waals surface area contributed by atoms with Crippen molar-refractivity contribution in [2.24, 2.45) is 0 Å². The molecular weight excluding hydrogens is 380 g/mol. The zero-order valence-corrected chi connectivity index (χ0v) is 16.3. The van der Waals surface area contributed by atoms with Crippen LogP contribution in [0, 0.1) is 13.8 Å². The van der Waals surface area contributed by atoms with Crippen LogP contribution in [0.15, 0.2) is 45.8 Å². The minimum absolute atomic E-state index is 0.0803. The second-order valence-electron chi connectivity index (χ2n) is 6.80. The summed E-state index contributed by atoms with van der Waals surface area (Å²) in [5.41, 5.74) is 3.61. The number of nitrogens with zero attached hydrogens (tertiary/aromatic N) is 2. The Labute approximate surface area is 156 Å². The van der Waals surface area contributed by atoms with Gasteiger partial charge >= 0.3 is 0 Å². The molecule has 132 valence electrons. The van der Waals surface area contributed by atoms with E-state index in [0.717, 1.165) is 23.9 Å². The summed E-state index contributed by atoms with van der Waals surface area (Å²) in [5.74, 6) is 0.119. The van der Waals surface area contributed by atoms with E-state index in [1.165, 1.54) is 22.8 Å². The Morgan fingerprint density at radius 2 is 1.92 bits per heavy atom. The molecule has 0 radical (unpaired) electrons. The lowest BCUT2D eigenvalue weighted by Crippen LogP contribution is -2.32. The zero-order valence-electron chi connectivity index (χ0n) is 14.7. The van der Waals surface area contributed by atoms with Crippen molar-refractivity contribution in [2.45, 2.75) is 45.7 Å². The van der Waals surface area contributed by atoms with E-state index in [2.05, 4.69) is 48.0 Å². The van der Waals surface area contributed by atoms with Crippen LogP contribution in [0.25, 0.3) is 0 Å². The second-order valence-corrected chi connectivity index (χ2v) is 7.71. The molecule has 0 aliphatic carbocycles. The Morgan fingerprint density at radius 1 is 1.20 bits per heavy atom. The van der Waals surface area contributed by atoms with Crippen LogP contribution >= 0.6 is 15.9 Å². The first-order valence-corrected chi connectivity index (χ1v) is 9.47. The lowest BCUT2D eigenvalue weighted by molar-refractivity contribution is -0.132. The molecule has 1 saturated heterocycles. The first-order chi connectivity index (χ1) is 11.9. The summed E-state index contributed by atoms with van der Waals surface area (Å²) in [7, 11) is 0. The molecule has 1 aromatic carbocycles. The Hall–Kier alpha value is -1.88. The van der Waals surface area contributed by atoms with Gasteiger partial charge in [0, 0.05) is 36.2 Å². The lowest BCUT2D eigenvalue weighted by Gasteiger charge is -2.26. The summed E-state index contributed by atoms with van der Waals surface area (Å²) in [5, 5.41) is 0. The number of aryl methyl sites for hydroxylation is 3. The quantitative estimate of drug-likeness (QED) is 0.775. The topological polar surface area (TPSA) is 42.3 Å². The summed E-state index contributed by atoms with van der Waals surface area (Å²) in [6.07, 6.45) is 4.12. The van der Waals surface area contributed by atoms with Gasteiger partial charge in [-0.2, -0.15) is 0 Å². The van der Waals surface area contributed by atoms with Gasteiger partial charge in [-0.1, -0.05) is 29.3 Å². The van der Waals surface area contributed by atoms with Crippen molar-refractivity contribution >= 4 is 21.8 Å². The first-order valence-electron chi connectivity index (χ1n) is 8.68. The van der Waals surface area contributed by atoms with Crippen LogP contribution < -0.4 is 5.56 Å². The number of likely N-dealkylation sites (tertiary alicyclic amines) is 1. The number of carbonyl (C=O) groups is 1. The highest BCUT2D eigenvalue weighted by Gasteiger charge is 2.29. The lowest BCUT2D eigenvalue weighted by atomic mass is 9.99. The van der Waals surface area contributed by atoms with Gasteiger partial charge in [0.2, 0.25) is 5.91 Å². The first kappa shape index (κ1) is 17.9. The Kier molecular flexibility index (Phi) is 5.42. The molecule has 1 aliphatic heterocycles. The zero-order chi connectivity index (χ0) is 18.0. The van der Waals surface area contributed by atoms with Crippen molar-refractivity contribution in [3.63, 3.8) is 0 Å². The average Bonchev–Trinajstić information content (AvgIpc) is 3.04. The molecule has 0 spiro atoms. The largest absolute Gasteiger partial charge is 0.336 e. The highest BCUT2D eigenvalue weighted by Crippen LogP contribution is 2.33. The molecule has 1 aromatic heterocycles. The van der Waals surface area contributed by atoms with Crippen molar-refractivity contribution in [1.82, 2.24) is 9.47 Å². The molecular formula is C20H23BrN2O2. The molecule has 0 saturated carbocycles. The molecule has 1 unspecified atom stereocenters. The van der Waals surface area contributed by atoms with E-state index in [1.807, 2.05) is 4.90 Å². The standard InChI is InChI=1S/C20H23BrN2O2/c1-14-10-15(2)12-16(11-14)18-4-3-8-23(18)20(25)7-9-22-13-17(21)5-6-19(22)24/h5-6,10-13,18H,3-4,7-9H2,1-2H3. The van der Waals surface area contributed by atoms with Crippen LogP contribution in [0.5, 0.6) is 0 Å². The third-order valence-corrected chi connectivity index (χ3v) is 5.18. The van der Waals surface area contributed by atoms with E-state index in [0.29, 0.717) is 13.0 Å². The molecule has 1 atom stereocenters. The summed E-state index contributed by atoms with van der Waals surface area (Å²) < 4.78 is 2.43. The van der Waals surface area contributed by atoms with E-state index in [-0.39, 0.29) is 17.5 Å². The normalized spacial score (nSPS) is 17.1. The molecule has 5 heteroatoms. The van der Waals surface area contributed by atoms with Gasteiger partial charge < -0.3 is 9.47 Å². The van der Waals surface area contributed by atoms with Crippen LogP contribution in [0.2, 0.25) is 0 Å². The van der Waals surface area contributed by atoms with E-state index in [1.54, 1.807) is 16.8 Å². The van der Waals surface area contributed by atoms with Gasteiger partial charge in [0.15, 0.2) is 0 Å². The predicted molar refractivity (Wildman–Crippen MR) is 103 cm³/mol. The van der Waals surface area contributed by atoms with Crippen LogP contribution in [-0.4, -0.2) is 21.9 Å². The Morgan fingerprint density at radius 3 is 2.64 bits per heavy atom. The minimum Gasteiger partial charge on any atom is -0.336 e. The maximum absolute atomic E-state index is 12.8. The summed E-state index contributed by atoms with van der Waals surface area (Å²) in [6.45, 7) is 5.39. The number of carbonyl (C=O) groups excluding carboxylic acids is 1. The van der Waals surface area contributed by atoms with Crippen LogP contribution in [-0.2, 0) is 11.3 Å². The highest BCUT2D eigenvalue weighted by molar-refractivity contribution is 9.10. The number of rotatable bonds is 4. The van der Waals surface area contributed by atoms with E-state index in [4.69, 9.17) is 0 Å². The molecule has 2 aromatic rings. The van der Waals surface area contributed by atoms with Gasteiger partial charge in [-0.25, -0.2) is 0 Å². The van der Waals surface area contributed by atoms with Gasteiger partial charge in [0.1, 0.15) is 0 Å². The molecule has 0 N–H and O–H groups in total. The van der Waals surface area contributed by atoms with Gasteiger partial charge in [-0.3, -0.25) is 9.59 Å². The molecule has 1 fully saturated rings. The van der Waals surface area contributed by atoms with Gasteiger partial charge in [0.05, 0.1) is 6.04 Å². The minimum atomic E-state index is -0.0803. The molecule has 1 aliphatic rings. The highest BCUT2D eigenvalue weighted by atomic mass is 79.9. The van der Waals surface area contributed by atoms with Crippen LogP contribution in [0.4, 0.5) is 0 Å². The number of amides is 1. The fourth-order valence-electron chi connectivity index (χ4n) is 3.65. The third kappa shape index (κ3) is 4.21. The monoisotopic (exact) mass is 402 g/mol. The number of benzene rings is 1. The maximum Gasteiger partial charge on any atom is 0.250 e. The summed E-state index contributed by atoms with van der Waals surface area (Å²) in [6, 6.07) is 9.92. The van der Waals surface area contributed by atoms with E-state index < -0.39 is 0 Å². The van der Waals surface area contributed by atoms with Crippen molar-refractivity contribution in [1.29, 1.82) is 0 Å². The van der Waals surface area contributed by atoms with Gasteiger partial charge in [-0.05, 0) is 54.2 Å². The van der Waals surface area contributed by atoms with E-state index >= 15 is 0 Å². The second kappa shape index (κ2) is 7.56. The smallest absolute Gasteiger partial charge is 0.250 e. The molecule has 1 amide bonds. The van der Waals surface area contributed by atoms with Crippen molar-refractivity contribution in [2.75, 3.05) is 6.54 Å². The summed E-state index contributed by atoms with van der Waals surface area (Å²) >= 11 is 3.37. The van der Waals surface area contributed by atoms with Crippen molar-refractivity contribution in [3.05, 3.63) is 68.0 Å². The van der Waals surface area contributed by atoms with Crippen LogP contribution in [0.3, 0.4) is 0 Å². The van der Waals surface area contributed by atoms with Crippen LogP contribution in [0.1, 0.15) is 42.0 Å². The van der Waals surface area contributed by atoms with Crippen molar-refractivity contribution in [3.8, 4) is 0 Å². The van der Waals surface area contributed by atoms with Gasteiger partial charge in [-0.15, -0.1) is 0 Å². The fourth-order valence-corrected chi connectivity index (χ4v) is 4.03. The number of hydrogen-bond acceptors (Lipinski definition) is 2. The fraction of sp³-hybridized carbons (Fsp3) is 0.400. The third-order valence-electron chi connectivity index (χ3n) is 4.72. The average molecular weight is 403 g/mol. The molecule has 3 rings (SSSR count). The molecule has 0 bridgehead atoms. The number of hydrogen-bond donors (Lipinski definition) is 0.